The minimum atomic E-state index is 0.622. The predicted octanol–water partition coefficient (Wildman–Crippen LogP) is 3.03. The van der Waals surface area contributed by atoms with Gasteiger partial charge in [-0.3, -0.25) is 4.99 Å². The highest BCUT2D eigenvalue weighted by Gasteiger charge is 2.01. The van der Waals surface area contributed by atoms with E-state index in [2.05, 4.69) is 11.6 Å². The molecule has 0 N–H and O–H groups in total. The summed E-state index contributed by atoms with van der Waals surface area (Å²) in [5, 5.41) is 0. The molecule has 1 aromatic carbocycles. The van der Waals surface area contributed by atoms with Crippen LogP contribution in [-0.2, 0) is 4.74 Å². The maximum atomic E-state index is 5.40. The number of aryl methyl sites for hydroxylation is 1. The van der Waals surface area contributed by atoms with Crippen LogP contribution in [0, 0.1) is 6.92 Å². The molecule has 0 aliphatic rings. The van der Waals surface area contributed by atoms with Crippen molar-refractivity contribution in [1.82, 2.24) is 0 Å². The second-order valence-corrected chi connectivity index (χ2v) is 3.14. The Morgan fingerprint density at radius 3 is 2.71 bits per heavy atom. The molecular formula is C12H15NO. The van der Waals surface area contributed by atoms with Crippen molar-refractivity contribution in [2.45, 2.75) is 13.8 Å². The van der Waals surface area contributed by atoms with Gasteiger partial charge in [-0.15, -0.1) is 0 Å². The van der Waals surface area contributed by atoms with E-state index in [-0.39, 0.29) is 0 Å². The van der Waals surface area contributed by atoms with E-state index in [1.54, 1.807) is 14.0 Å². The monoisotopic (exact) mass is 189 g/mol. The molecule has 0 aliphatic heterocycles. The summed E-state index contributed by atoms with van der Waals surface area (Å²) in [6.45, 7) is 7.70. The Balaban J connectivity index is 2.80. The minimum Gasteiger partial charge on any atom is -0.444 e. The van der Waals surface area contributed by atoms with Crippen LogP contribution in [0.5, 0.6) is 0 Å². The summed E-state index contributed by atoms with van der Waals surface area (Å²) in [6, 6.07) is 8.03. The van der Waals surface area contributed by atoms with Gasteiger partial charge in [0.1, 0.15) is 5.76 Å². The van der Waals surface area contributed by atoms with E-state index in [0.717, 1.165) is 5.56 Å². The second kappa shape index (κ2) is 4.61. The summed E-state index contributed by atoms with van der Waals surface area (Å²) in [5.74, 6) is 1.26. The molecule has 74 valence electrons. The first-order valence-corrected chi connectivity index (χ1v) is 4.50. The van der Waals surface area contributed by atoms with Crippen LogP contribution in [-0.4, -0.2) is 12.9 Å². The van der Waals surface area contributed by atoms with Crippen LogP contribution in [0.3, 0.4) is 0 Å². The molecule has 0 aromatic heterocycles. The molecule has 0 saturated heterocycles. The average molecular weight is 189 g/mol. The van der Waals surface area contributed by atoms with E-state index in [1.165, 1.54) is 5.56 Å². The van der Waals surface area contributed by atoms with Crippen molar-refractivity contribution < 1.29 is 4.74 Å². The lowest BCUT2D eigenvalue weighted by Gasteiger charge is -2.07. The van der Waals surface area contributed by atoms with Crippen LogP contribution in [0.25, 0.3) is 5.76 Å². The van der Waals surface area contributed by atoms with Gasteiger partial charge in [0.25, 0.3) is 0 Å². The number of benzene rings is 1. The lowest BCUT2D eigenvalue weighted by molar-refractivity contribution is 0.504. The molecule has 14 heavy (non-hydrogen) atoms. The van der Waals surface area contributed by atoms with Crippen molar-refractivity contribution in [3.05, 3.63) is 42.0 Å². The Morgan fingerprint density at radius 1 is 1.43 bits per heavy atom. The fourth-order valence-corrected chi connectivity index (χ4v) is 1.10. The third-order valence-electron chi connectivity index (χ3n) is 1.93. The number of hydrogen-bond acceptors (Lipinski definition) is 2. The Bertz CT molecular complexity index is 366. The zero-order chi connectivity index (χ0) is 10.6. The topological polar surface area (TPSA) is 21.6 Å². The molecule has 0 saturated carbocycles. The first-order valence-electron chi connectivity index (χ1n) is 4.50. The highest BCUT2D eigenvalue weighted by Crippen LogP contribution is 2.15. The van der Waals surface area contributed by atoms with Gasteiger partial charge in [0, 0.05) is 19.5 Å². The Kier molecular flexibility index (Phi) is 3.46. The highest BCUT2D eigenvalue weighted by atomic mass is 16.5. The summed E-state index contributed by atoms with van der Waals surface area (Å²) in [5.41, 5.74) is 2.19. The van der Waals surface area contributed by atoms with Gasteiger partial charge in [0.15, 0.2) is 5.90 Å². The summed E-state index contributed by atoms with van der Waals surface area (Å²) in [7, 11) is 1.69. The predicted molar refractivity (Wildman–Crippen MR) is 60.3 cm³/mol. The van der Waals surface area contributed by atoms with Crippen LogP contribution in [0.4, 0.5) is 0 Å². The van der Waals surface area contributed by atoms with E-state index in [1.807, 2.05) is 31.2 Å². The minimum absolute atomic E-state index is 0.622. The molecule has 0 bridgehead atoms. The second-order valence-electron chi connectivity index (χ2n) is 3.14. The molecule has 1 rings (SSSR count). The SMILES string of the molecule is C=C(O/C(C)=N\C)c1cccc(C)c1. The summed E-state index contributed by atoms with van der Waals surface area (Å²) in [4.78, 5) is 3.91. The molecule has 0 aliphatic carbocycles. The standard InChI is InChI=1S/C12H15NO/c1-9-6-5-7-12(8-9)10(2)14-11(3)13-4/h5-8H,2H2,1,3-4H3/b13-11-. The molecule has 0 atom stereocenters. The fraction of sp³-hybridized carbons (Fsp3) is 0.250. The highest BCUT2D eigenvalue weighted by molar-refractivity contribution is 5.80. The lowest BCUT2D eigenvalue weighted by atomic mass is 10.1. The van der Waals surface area contributed by atoms with Gasteiger partial charge < -0.3 is 4.74 Å². The van der Waals surface area contributed by atoms with Crippen molar-refractivity contribution in [2.75, 3.05) is 7.05 Å². The van der Waals surface area contributed by atoms with E-state index in [0.29, 0.717) is 11.7 Å². The molecule has 0 fully saturated rings. The molecule has 2 nitrogen and oxygen atoms in total. The summed E-state index contributed by atoms with van der Waals surface area (Å²) < 4.78 is 5.40. The Hall–Kier alpha value is -1.57. The average Bonchev–Trinajstić information content (AvgIpc) is 2.17. The zero-order valence-corrected chi connectivity index (χ0v) is 8.87. The largest absolute Gasteiger partial charge is 0.444 e. The van der Waals surface area contributed by atoms with E-state index in [4.69, 9.17) is 4.74 Å². The number of nitrogens with zero attached hydrogens (tertiary/aromatic N) is 1. The Morgan fingerprint density at radius 2 is 2.14 bits per heavy atom. The Labute approximate surface area is 84.9 Å². The maximum Gasteiger partial charge on any atom is 0.186 e. The van der Waals surface area contributed by atoms with Crippen molar-refractivity contribution in [1.29, 1.82) is 0 Å². The quantitative estimate of drug-likeness (QED) is 0.398. The summed E-state index contributed by atoms with van der Waals surface area (Å²) in [6.07, 6.45) is 0. The smallest absolute Gasteiger partial charge is 0.186 e. The maximum absolute atomic E-state index is 5.40. The van der Waals surface area contributed by atoms with Crippen molar-refractivity contribution in [3.63, 3.8) is 0 Å². The molecule has 0 radical (unpaired) electrons. The van der Waals surface area contributed by atoms with E-state index in [9.17, 15) is 0 Å². The molecule has 0 heterocycles. The number of aliphatic imine (C=N–C) groups is 1. The lowest BCUT2D eigenvalue weighted by Crippen LogP contribution is -1.98. The summed E-state index contributed by atoms with van der Waals surface area (Å²) >= 11 is 0. The first-order chi connectivity index (χ1) is 6.63. The van der Waals surface area contributed by atoms with Gasteiger partial charge in [0.2, 0.25) is 0 Å². The van der Waals surface area contributed by atoms with E-state index < -0.39 is 0 Å². The number of ether oxygens (including phenoxy) is 1. The number of hydrogen-bond donors (Lipinski definition) is 0. The molecule has 0 spiro atoms. The molecular weight excluding hydrogens is 174 g/mol. The van der Waals surface area contributed by atoms with Crippen LogP contribution < -0.4 is 0 Å². The molecule has 0 unspecified atom stereocenters. The third-order valence-corrected chi connectivity index (χ3v) is 1.93. The van der Waals surface area contributed by atoms with Crippen molar-refractivity contribution in [3.8, 4) is 0 Å². The van der Waals surface area contributed by atoms with Crippen LogP contribution in [0.15, 0.2) is 35.8 Å². The zero-order valence-electron chi connectivity index (χ0n) is 8.87. The van der Waals surface area contributed by atoms with Gasteiger partial charge in [0.05, 0.1) is 0 Å². The van der Waals surface area contributed by atoms with E-state index >= 15 is 0 Å². The van der Waals surface area contributed by atoms with Crippen molar-refractivity contribution >= 4 is 11.7 Å². The van der Waals surface area contributed by atoms with Gasteiger partial charge in [-0.1, -0.05) is 30.3 Å². The molecule has 1 aromatic rings. The van der Waals surface area contributed by atoms with Gasteiger partial charge in [-0.25, -0.2) is 0 Å². The number of rotatable bonds is 2. The van der Waals surface area contributed by atoms with Crippen LogP contribution in [0.2, 0.25) is 0 Å². The fourth-order valence-electron chi connectivity index (χ4n) is 1.10. The molecule has 2 heteroatoms. The van der Waals surface area contributed by atoms with Gasteiger partial charge in [-0.05, 0) is 13.0 Å². The van der Waals surface area contributed by atoms with Crippen molar-refractivity contribution in [2.24, 2.45) is 4.99 Å². The third kappa shape index (κ3) is 2.73. The van der Waals surface area contributed by atoms with Crippen LogP contribution >= 0.6 is 0 Å². The first kappa shape index (κ1) is 10.5. The normalized spacial score (nSPS) is 11.2. The van der Waals surface area contributed by atoms with Gasteiger partial charge >= 0.3 is 0 Å². The van der Waals surface area contributed by atoms with Crippen LogP contribution in [0.1, 0.15) is 18.1 Å². The molecule has 0 amide bonds. The van der Waals surface area contributed by atoms with Gasteiger partial charge in [-0.2, -0.15) is 0 Å².